The maximum atomic E-state index is 11.1. The van der Waals surface area contributed by atoms with Gasteiger partial charge in [-0.3, -0.25) is 9.59 Å². The normalized spacial score (nSPS) is 40.2. The first-order valence-electron chi connectivity index (χ1n) is 6.72. The first-order valence-corrected chi connectivity index (χ1v) is 6.72. The lowest BCUT2D eigenvalue weighted by molar-refractivity contribution is -0.151. The van der Waals surface area contributed by atoms with Crippen LogP contribution in [-0.2, 0) is 23.8 Å². The van der Waals surface area contributed by atoms with E-state index in [1.54, 1.807) is 0 Å². The summed E-state index contributed by atoms with van der Waals surface area (Å²) in [6.07, 6.45) is 1.99. The van der Waals surface area contributed by atoms with Gasteiger partial charge in [-0.15, -0.1) is 0 Å². The summed E-state index contributed by atoms with van der Waals surface area (Å²) in [6.45, 7) is 7.55. The van der Waals surface area contributed by atoms with Crippen LogP contribution in [0.4, 0.5) is 0 Å². The average Bonchev–Trinajstić information content (AvgIpc) is 2.77. The zero-order chi connectivity index (χ0) is 14.3. The van der Waals surface area contributed by atoms with Crippen LogP contribution in [0.5, 0.6) is 0 Å². The second kappa shape index (κ2) is 4.78. The van der Waals surface area contributed by atoms with Gasteiger partial charge in [0, 0.05) is 25.2 Å². The average molecular weight is 270 g/mol. The maximum absolute atomic E-state index is 11.1. The number of rotatable bonds is 4. The fourth-order valence-electron chi connectivity index (χ4n) is 3.52. The van der Waals surface area contributed by atoms with E-state index in [-0.39, 0.29) is 35.0 Å². The van der Waals surface area contributed by atoms with Gasteiger partial charge in [0.15, 0.2) is 0 Å². The molecular weight excluding hydrogens is 248 g/mol. The molecule has 0 aromatic heterocycles. The molecule has 2 aliphatic heterocycles. The quantitative estimate of drug-likeness (QED) is 0.727. The van der Waals surface area contributed by atoms with Crippen LogP contribution in [0.3, 0.4) is 0 Å². The molecule has 19 heavy (non-hydrogen) atoms. The third-order valence-corrected chi connectivity index (χ3v) is 4.62. The van der Waals surface area contributed by atoms with Gasteiger partial charge in [-0.1, -0.05) is 6.92 Å². The molecule has 0 radical (unpaired) electrons. The number of ether oxygens (including phenoxy) is 3. The predicted molar refractivity (Wildman–Crippen MR) is 67.4 cm³/mol. The SMILES string of the molecule is CC(=O)OC[C@@H]1[C@@](C)(COC(C)=O)[C@H]2CC[C@@]1(C)O2. The molecule has 2 heterocycles. The van der Waals surface area contributed by atoms with Crippen molar-refractivity contribution < 1.29 is 23.8 Å². The molecule has 0 unspecified atom stereocenters. The van der Waals surface area contributed by atoms with Crippen molar-refractivity contribution in [1.82, 2.24) is 0 Å². The molecule has 5 heteroatoms. The molecule has 2 saturated heterocycles. The minimum absolute atomic E-state index is 0.0574. The van der Waals surface area contributed by atoms with E-state index in [1.807, 2.05) is 0 Å². The molecule has 0 N–H and O–H groups in total. The van der Waals surface area contributed by atoms with E-state index in [4.69, 9.17) is 14.2 Å². The van der Waals surface area contributed by atoms with Crippen molar-refractivity contribution in [2.45, 2.75) is 52.2 Å². The number of carbonyl (C=O) groups is 2. The molecule has 108 valence electrons. The highest BCUT2D eigenvalue weighted by Crippen LogP contribution is 2.57. The van der Waals surface area contributed by atoms with Crippen LogP contribution in [0.25, 0.3) is 0 Å². The Bertz CT molecular complexity index is 393. The van der Waals surface area contributed by atoms with Crippen LogP contribution < -0.4 is 0 Å². The third kappa shape index (κ3) is 2.48. The van der Waals surface area contributed by atoms with Crippen molar-refractivity contribution in [3.05, 3.63) is 0 Å². The molecule has 0 spiro atoms. The number of hydrogen-bond donors (Lipinski definition) is 0. The van der Waals surface area contributed by atoms with Gasteiger partial charge in [0.25, 0.3) is 0 Å². The molecule has 2 aliphatic rings. The topological polar surface area (TPSA) is 61.8 Å². The first-order chi connectivity index (χ1) is 8.78. The number of esters is 2. The lowest BCUT2D eigenvalue weighted by Crippen LogP contribution is -2.48. The summed E-state index contributed by atoms with van der Waals surface area (Å²) in [5.74, 6) is -0.524. The minimum Gasteiger partial charge on any atom is -0.465 e. The molecule has 4 atom stereocenters. The lowest BCUT2D eigenvalue weighted by atomic mass is 9.63. The van der Waals surface area contributed by atoms with Gasteiger partial charge in [-0.25, -0.2) is 0 Å². The zero-order valence-corrected chi connectivity index (χ0v) is 12.0. The van der Waals surface area contributed by atoms with Crippen molar-refractivity contribution in [3.8, 4) is 0 Å². The summed E-state index contributed by atoms with van der Waals surface area (Å²) in [5.41, 5.74) is -0.566. The van der Waals surface area contributed by atoms with Crippen molar-refractivity contribution >= 4 is 11.9 Å². The second-order valence-electron chi connectivity index (χ2n) is 6.10. The maximum Gasteiger partial charge on any atom is 0.302 e. The second-order valence-corrected chi connectivity index (χ2v) is 6.10. The Hall–Kier alpha value is -1.10. The zero-order valence-electron chi connectivity index (χ0n) is 12.0. The molecule has 2 fully saturated rings. The smallest absolute Gasteiger partial charge is 0.302 e. The Balaban J connectivity index is 2.14. The number of fused-ring (bicyclic) bond motifs is 2. The van der Waals surface area contributed by atoms with Crippen LogP contribution in [0.1, 0.15) is 40.5 Å². The van der Waals surface area contributed by atoms with Crippen LogP contribution >= 0.6 is 0 Å². The highest BCUT2D eigenvalue weighted by atomic mass is 16.6. The van der Waals surface area contributed by atoms with Gasteiger partial charge in [0.2, 0.25) is 0 Å². The van der Waals surface area contributed by atoms with Crippen molar-refractivity contribution in [2.24, 2.45) is 11.3 Å². The summed E-state index contributed by atoms with van der Waals surface area (Å²) < 4.78 is 16.5. The van der Waals surface area contributed by atoms with Crippen molar-refractivity contribution in [3.63, 3.8) is 0 Å². The summed E-state index contributed by atoms with van der Waals surface area (Å²) in [6, 6.07) is 0. The van der Waals surface area contributed by atoms with Gasteiger partial charge in [-0.05, 0) is 19.8 Å². The van der Waals surface area contributed by atoms with Gasteiger partial charge in [0.1, 0.15) is 0 Å². The first kappa shape index (κ1) is 14.3. The van der Waals surface area contributed by atoms with Gasteiger partial charge < -0.3 is 14.2 Å². The fourth-order valence-corrected chi connectivity index (χ4v) is 3.52. The Labute approximate surface area is 113 Å². The van der Waals surface area contributed by atoms with Gasteiger partial charge in [-0.2, -0.15) is 0 Å². The molecule has 0 saturated carbocycles. The summed E-state index contributed by atoms with van der Waals surface area (Å²) >= 11 is 0. The third-order valence-electron chi connectivity index (χ3n) is 4.62. The minimum atomic E-state index is -0.291. The van der Waals surface area contributed by atoms with Crippen LogP contribution in [-0.4, -0.2) is 36.9 Å². The largest absolute Gasteiger partial charge is 0.465 e. The summed E-state index contributed by atoms with van der Waals surface area (Å²) in [4.78, 5) is 22.1. The van der Waals surface area contributed by atoms with E-state index >= 15 is 0 Å². The molecule has 0 amide bonds. The Morgan fingerprint density at radius 1 is 1.21 bits per heavy atom. The summed E-state index contributed by atoms with van der Waals surface area (Å²) in [7, 11) is 0. The van der Waals surface area contributed by atoms with Crippen LogP contribution in [0.15, 0.2) is 0 Å². The van der Waals surface area contributed by atoms with Crippen molar-refractivity contribution in [1.29, 1.82) is 0 Å². The van der Waals surface area contributed by atoms with Crippen LogP contribution in [0.2, 0.25) is 0 Å². The number of carbonyl (C=O) groups excluding carboxylic acids is 2. The Kier molecular flexibility index (Phi) is 3.60. The molecule has 5 nitrogen and oxygen atoms in total. The molecule has 0 aromatic carbocycles. The highest BCUT2D eigenvalue weighted by molar-refractivity contribution is 5.66. The Morgan fingerprint density at radius 2 is 1.84 bits per heavy atom. The molecule has 0 aromatic rings. The van der Waals surface area contributed by atoms with Gasteiger partial charge in [0.05, 0.1) is 24.9 Å². The van der Waals surface area contributed by atoms with E-state index in [0.29, 0.717) is 13.2 Å². The fraction of sp³-hybridized carbons (Fsp3) is 0.857. The predicted octanol–water partition coefficient (Wildman–Crippen LogP) is 1.69. The molecule has 2 rings (SSSR count). The van der Waals surface area contributed by atoms with E-state index in [9.17, 15) is 9.59 Å². The molecular formula is C14H22O5. The van der Waals surface area contributed by atoms with E-state index in [2.05, 4.69) is 13.8 Å². The van der Waals surface area contributed by atoms with E-state index < -0.39 is 0 Å². The summed E-state index contributed by atoms with van der Waals surface area (Å²) in [5, 5.41) is 0. The van der Waals surface area contributed by atoms with Gasteiger partial charge >= 0.3 is 11.9 Å². The molecule has 2 bridgehead atoms. The highest BCUT2D eigenvalue weighted by Gasteiger charge is 2.63. The van der Waals surface area contributed by atoms with Crippen LogP contribution in [0, 0.1) is 11.3 Å². The number of hydrogen-bond acceptors (Lipinski definition) is 5. The monoisotopic (exact) mass is 270 g/mol. The van der Waals surface area contributed by atoms with Crippen molar-refractivity contribution in [2.75, 3.05) is 13.2 Å². The van der Waals surface area contributed by atoms with E-state index in [1.165, 1.54) is 13.8 Å². The Morgan fingerprint density at radius 3 is 2.42 bits per heavy atom. The lowest BCUT2D eigenvalue weighted by Gasteiger charge is -2.40. The molecule has 0 aliphatic carbocycles. The van der Waals surface area contributed by atoms with E-state index in [0.717, 1.165) is 12.8 Å². The standard InChI is InChI=1S/C14H22O5/c1-9(15)17-7-11-13(3,8-18-10(2)16)12-5-6-14(11,4)19-12/h11-12H,5-8H2,1-4H3/t11-,12-,13-,14-/m1/s1.